The predicted octanol–water partition coefficient (Wildman–Crippen LogP) is 2.31. The van der Waals surface area contributed by atoms with Crippen molar-refractivity contribution in [3.63, 3.8) is 0 Å². The van der Waals surface area contributed by atoms with Crippen molar-refractivity contribution in [1.82, 2.24) is 4.90 Å². The molecule has 0 fully saturated rings. The Kier molecular flexibility index (Phi) is 3.92. The summed E-state index contributed by atoms with van der Waals surface area (Å²) in [4.78, 5) is 28.4. The van der Waals surface area contributed by atoms with Gasteiger partial charge in [0.2, 0.25) is 5.91 Å². The fraction of sp³-hybridized carbons (Fsp3) is 0.300. The van der Waals surface area contributed by atoms with Crippen LogP contribution in [0.2, 0.25) is 0 Å². The second-order valence-corrected chi connectivity index (χ2v) is 6.64. The van der Waals surface area contributed by atoms with E-state index in [4.69, 9.17) is 4.74 Å². The molecule has 2 aliphatic rings. The summed E-state index contributed by atoms with van der Waals surface area (Å²) >= 11 is 0. The van der Waals surface area contributed by atoms with Crippen molar-refractivity contribution in [2.45, 2.75) is 19.9 Å². The van der Waals surface area contributed by atoms with Crippen LogP contribution in [-0.2, 0) is 22.6 Å². The van der Waals surface area contributed by atoms with Crippen molar-refractivity contribution in [2.24, 2.45) is 0 Å². The summed E-state index contributed by atoms with van der Waals surface area (Å²) in [7, 11) is 0. The zero-order chi connectivity index (χ0) is 17.4. The summed E-state index contributed by atoms with van der Waals surface area (Å²) in [5, 5.41) is 0. The van der Waals surface area contributed by atoms with Gasteiger partial charge in [0.15, 0.2) is 5.75 Å². The molecule has 0 spiro atoms. The fourth-order valence-corrected chi connectivity index (χ4v) is 3.47. The SMILES string of the molecule is Cc1ccc2c(c1)OC(=O)CN2CC(=O)N1CCc2ccccc2C1. The first-order chi connectivity index (χ1) is 12.1. The normalized spacial score (nSPS) is 16.1. The monoisotopic (exact) mass is 336 g/mol. The van der Waals surface area contributed by atoms with Crippen LogP contribution in [0.4, 0.5) is 5.69 Å². The van der Waals surface area contributed by atoms with Crippen LogP contribution < -0.4 is 9.64 Å². The molecule has 0 aromatic heterocycles. The quantitative estimate of drug-likeness (QED) is 0.624. The highest BCUT2D eigenvalue weighted by molar-refractivity contribution is 5.89. The molecule has 2 aromatic carbocycles. The summed E-state index contributed by atoms with van der Waals surface area (Å²) in [5.41, 5.74) is 4.34. The molecule has 25 heavy (non-hydrogen) atoms. The number of esters is 1. The number of amides is 1. The molecule has 128 valence electrons. The van der Waals surface area contributed by atoms with E-state index in [-0.39, 0.29) is 25.0 Å². The van der Waals surface area contributed by atoms with Crippen molar-refractivity contribution in [3.05, 3.63) is 59.2 Å². The summed E-state index contributed by atoms with van der Waals surface area (Å²) < 4.78 is 5.31. The number of hydrogen-bond acceptors (Lipinski definition) is 4. The molecule has 0 atom stereocenters. The Bertz CT molecular complexity index is 847. The number of carbonyl (C=O) groups excluding carboxylic acids is 2. The molecule has 2 aromatic rings. The van der Waals surface area contributed by atoms with E-state index >= 15 is 0 Å². The third-order valence-electron chi connectivity index (χ3n) is 4.81. The van der Waals surface area contributed by atoms with E-state index in [1.807, 2.05) is 47.1 Å². The predicted molar refractivity (Wildman–Crippen MR) is 94.6 cm³/mol. The molecule has 0 aliphatic carbocycles. The van der Waals surface area contributed by atoms with Crippen LogP contribution >= 0.6 is 0 Å². The van der Waals surface area contributed by atoms with E-state index in [0.29, 0.717) is 12.3 Å². The Balaban J connectivity index is 1.51. The summed E-state index contributed by atoms with van der Waals surface area (Å²) in [6.45, 7) is 3.59. The molecular weight excluding hydrogens is 316 g/mol. The Labute approximate surface area is 146 Å². The molecule has 2 aliphatic heterocycles. The highest BCUT2D eigenvalue weighted by Gasteiger charge is 2.28. The molecule has 1 amide bonds. The van der Waals surface area contributed by atoms with Gasteiger partial charge in [-0.1, -0.05) is 30.3 Å². The van der Waals surface area contributed by atoms with E-state index in [9.17, 15) is 9.59 Å². The van der Waals surface area contributed by atoms with Crippen LogP contribution in [0.15, 0.2) is 42.5 Å². The lowest BCUT2D eigenvalue weighted by Gasteiger charge is -2.33. The van der Waals surface area contributed by atoms with Gasteiger partial charge in [-0.25, -0.2) is 4.79 Å². The molecule has 4 rings (SSSR count). The van der Waals surface area contributed by atoms with Crippen molar-refractivity contribution in [1.29, 1.82) is 0 Å². The van der Waals surface area contributed by atoms with Crippen molar-refractivity contribution >= 4 is 17.6 Å². The van der Waals surface area contributed by atoms with Gasteiger partial charge in [0.25, 0.3) is 0 Å². The topological polar surface area (TPSA) is 49.9 Å². The number of nitrogens with zero attached hydrogens (tertiary/aromatic N) is 2. The lowest BCUT2D eigenvalue weighted by atomic mass is 10.00. The zero-order valence-corrected chi connectivity index (χ0v) is 14.2. The third kappa shape index (κ3) is 3.09. The molecular formula is C20H20N2O3. The third-order valence-corrected chi connectivity index (χ3v) is 4.81. The minimum Gasteiger partial charge on any atom is -0.423 e. The van der Waals surface area contributed by atoms with Crippen molar-refractivity contribution < 1.29 is 14.3 Å². The second kappa shape index (κ2) is 6.24. The molecule has 0 N–H and O–H groups in total. The molecule has 0 bridgehead atoms. The van der Waals surface area contributed by atoms with Crippen molar-refractivity contribution in [3.8, 4) is 5.75 Å². The second-order valence-electron chi connectivity index (χ2n) is 6.64. The Morgan fingerprint density at radius 1 is 1.12 bits per heavy atom. The summed E-state index contributed by atoms with van der Waals surface area (Å²) in [6.07, 6.45) is 0.875. The summed E-state index contributed by atoms with van der Waals surface area (Å²) in [5.74, 6) is 0.249. The first-order valence-corrected chi connectivity index (χ1v) is 8.51. The van der Waals surface area contributed by atoms with Crippen molar-refractivity contribution in [2.75, 3.05) is 24.5 Å². The first-order valence-electron chi connectivity index (χ1n) is 8.51. The van der Waals surface area contributed by atoms with E-state index in [0.717, 1.165) is 24.2 Å². The minimum absolute atomic E-state index is 0.0377. The Morgan fingerprint density at radius 2 is 1.92 bits per heavy atom. The number of anilines is 1. The van der Waals surface area contributed by atoms with E-state index in [1.54, 1.807) is 0 Å². The largest absolute Gasteiger partial charge is 0.423 e. The highest BCUT2D eigenvalue weighted by Crippen LogP contribution is 2.32. The molecule has 5 heteroatoms. The lowest BCUT2D eigenvalue weighted by Crippen LogP contribution is -2.46. The van der Waals surface area contributed by atoms with Crippen LogP contribution in [-0.4, -0.2) is 36.4 Å². The maximum atomic E-state index is 12.8. The van der Waals surface area contributed by atoms with Crippen LogP contribution in [0.3, 0.4) is 0 Å². The number of aryl methyl sites for hydroxylation is 1. The molecule has 5 nitrogen and oxygen atoms in total. The summed E-state index contributed by atoms with van der Waals surface area (Å²) in [6, 6.07) is 13.9. The van der Waals surface area contributed by atoms with E-state index < -0.39 is 0 Å². The van der Waals surface area contributed by atoms with Gasteiger partial charge in [-0.2, -0.15) is 0 Å². The van der Waals surface area contributed by atoms with Crippen LogP contribution in [0.1, 0.15) is 16.7 Å². The number of fused-ring (bicyclic) bond motifs is 2. The number of ether oxygens (including phenoxy) is 1. The van der Waals surface area contributed by atoms with Gasteiger partial charge in [-0.15, -0.1) is 0 Å². The number of rotatable bonds is 2. The average Bonchev–Trinajstić information content (AvgIpc) is 2.60. The van der Waals surface area contributed by atoms with Gasteiger partial charge in [-0.3, -0.25) is 4.79 Å². The van der Waals surface area contributed by atoms with Gasteiger partial charge in [0.05, 0.1) is 12.2 Å². The maximum absolute atomic E-state index is 12.8. The van der Waals surface area contributed by atoms with Gasteiger partial charge in [0.1, 0.15) is 6.54 Å². The van der Waals surface area contributed by atoms with E-state index in [1.165, 1.54) is 11.1 Å². The molecule has 0 saturated carbocycles. The maximum Gasteiger partial charge on any atom is 0.331 e. The fourth-order valence-electron chi connectivity index (χ4n) is 3.47. The first kappa shape index (κ1) is 15.7. The standard InChI is InChI=1S/C20H20N2O3/c1-14-6-7-17-18(10-14)25-20(24)13-22(17)12-19(23)21-9-8-15-4-2-3-5-16(15)11-21/h2-7,10H,8-9,11-13H2,1H3. The highest BCUT2D eigenvalue weighted by atomic mass is 16.5. The molecule has 0 radical (unpaired) electrons. The number of benzene rings is 2. The molecule has 0 saturated heterocycles. The van der Waals surface area contributed by atoms with Crippen LogP contribution in [0, 0.1) is 6.92 Å². The van der Waals surface area contributed by atoms with Crippen LogP contribution in [0.25, 0.3) is 0 Å². The Hall–Kier alpha value is -2.82. The van der Waals surface area contributed by atoms with Crippen LogP contribution in [0.5, 0.6) is 5.75 Å². The zero-order valence-electron chi connectivity index (χ0n) is 14.2. The molecule has 2 heterocycles. The lowest BCUT2D eigenvalue weighted by molar-refractivity contribution is -0.133. The van der Waals surface area contributed by atoms with Gasteiger partial charge < -0.3 is 14.5 Å². The van der Waals surface area contributed by atoms with Gasteiger partial charge >= 0.3 is 5.97 Å². The average molecular weight is 336 g/mol. The Morgan fingerprint density at radius 3 is 2.76 bits per heavy atom. The number of hydrogen-bond donors (Lipinski definition) is 0. The van der Waals surface area contributed by atoms with E-state index in [2.05, 4.69) is 12.1 Å². The smallest absolute Gasteiger partial charge is 0.331 e. The van der Waals surface area contributed by atoms with Gasteiger partial charge in [-0.05, 0) is 42.2 Å². The van der Waals surface area contributed by atoms with Gasteiger partial charge in [0, 0.05) is 13.1 Å². The number of carbonyl (C=O) groups is 2. The molecule has 0 unspecified atom stereocenters. The minimum atomic E-state index is -0.324.